The van der Waals surface area contributed by atoms with Gasteiger partial charge in [0.1, 0.15) is 5.75 Å². The Morgan fingerprint density at radius 1 is 1.06 bits per heavy atom. The van der Waals surface area contributed by atoms with E-state index in [0.717, 1.165) is 44.5 Å². The Bertz CT molecular complexity index is 282. The van der Waals surface area contributed by atoms with Crippen LogP contribution in [0.15, 0.2) is 24.3 Å². The van der Waals surface area contributed by atoms with Gasteiger partial charge in [-0.3, -0.25) is 0 Å². The highest BCUT2D eigenvalue weighted by molar-refractivity contribution is 5.28. The highest BCUT2D eigenvalue weighted by Crippen LogP contribution is 2.16. The van der Waals surface area contributed by atoms with Gasteiger partial charge < -0.3 is 9.84 Å². The van der Waals surface area contributed by atoms with Crippen molar-refractivity contribution in [1.82, 2.24) is 0 Å². The van der Waals surface area contributed by atoms with Crippen LogP contribution >= 0.6 is 0 Å². The lowest BCUT2D eigenvalue weighted by Gasteiger charge is -2.07. The standard InChI is InChI=1S/C16H26O2/c1-2-3-7-13-18-16-11-8-10-15(14-16)9-5-4-6-12-17/h8,10-11,14,17H,2-7,9,12-13H2,1H3. The summed E-state index contributed by atoms with van der Waals surface area (Å²) in [5.74, 6) is 0.991. The molecule has 0 aliphatic heterocycles. The smallest absolute Gasteiger partial charge is 0.119 e. The first kappa shape index (κ1) is 15.0. The zero-order valence-corrected chi connectivity index (χ0v) is 11.5. The van der Waals surface area contributed by atoms with E-state index in [1.165, 1.54) is 18.4 Å². The molecular formula is C16H26O2. The molecule has 0 unspecified atom stereocenters. The molecule has 1 aromatic carbocycles. The Labute approximate surface area is 111 Å². The number of hydrogen-bond donors (Lipinski definition) is 1. The zero-order valence-electron chi connectivity index (χ0n) is 11.5. The molecule has 0 fully saturated rings. The fraction of sp³-hybridized carbons (Fsp3) is 0.625. The first-order valence-electron chi connectivity index (χ1n) is 7.19. The number of aliphatic hydroxyl groups excluding tert-OH is 1. The van der Waals surface area contributed by atoms with E-state index in [-0.39, 0.29) is 0 Å². The molecule has 0 bridgehead atoms. The van der Waals surface area contributed by atoms with Gasteiger partial charge in [-0.1, -0.05) is 38.3 Å². The van der Waals surface area contributed by atoms with E-state index in [0.29, 0.717) is 6.61 Å². The van der Waals surface area contributed by atoms with Crippen LogP contribution in [0.2, 0.25) is 0 Å². The topological polar surface area (TPSA) is 29.5 Å². The molecule has 0 saturated carbocycles. The van der Waals surface area contributed by atoms with Gasteiger partial charge in [-0.05, 0) is 43.4 Å². The van der Waals surface area contributed by atoms with Gasteiger partial charge in [0, 0.05) is 6.61 Å². The molecule has 0 atom stereocenters. The fourth-order valence-electron chi connectivity index (χ4n) is 1.95. The second-order valence-electron chi connectivity index (χ2n) is 4.74. The fourth-order valence-corrected chi connectivity index (χ4v) is 1.95. The lowest BCUT2D eigenvalue weighted by atomic mass is 10.1. The maximum Gasteiger partial charge on any atom is 0.119 e. The number of aliphatic hydroxyl groups is 1. The number of rotatable bonds is 10. The van der Waals surface area contributed by atoms with Gasteiger partial charge in [-0.15, -0.1) is 0 Å². The van der Waals surface area contributed by atoms with Crippen LogP contribution in [0.3, 0.4) is 0 Å². The second kappa shape index (κ2) is 9.95. The average molecular weight is 250 g/mol. The lowest BCUT2D eigenvalue weighted by molar-refractivity contribution is 0.283. The van der Waals surface area contributed by atoms with E-state index >= 15 is 0 Å². The number of hydrogen-bond acceptors (Lipinski definition) is 2. The highest BCUT2D eigenvalue weighted by Gasteiger charge is 1.97. The maximum atomic E-state index is 8.73. The van der Waals surface area contributed by atoms with Crippen LogP contribution in [0.1, 0.15) is 51.0 Å². The average Bonchev–Trinajstić information content (AvgIpc) is 2.40. The first-order valence-corrected chi connectivity index (χ1v) is 7.19. The van der Waals surface area contributed by atoms with E-state index in [9.17, 15) is 0 Å². The number of benzene rings is 1. The molecule has 0 radical (unpaired) electrons. The van der Waals surface area contributed by atoms with E-state index in [4.69, 9.17) is 9.84 Å². The van der Waals surface area contributed by atoms with Crippen LogP contribution in [0, 0.1) is 0 Å². The molecule has 0 aromatic heterocycles. The van der Waals surface area contributed by atoms with Crippen molar-refractivity contribution in [3.8, 4) is 5.75 Å². The molecule has 1 N–H and O–H groups in total. The summed E-state index contributed by atoms with van der Waals surface area (Å²) >= 11 is 0. The van der Waals surface area contributed by atoms with Gasteiger partial charge in [0.25, 0.3) is 0 Å². The molecule has 1 aromatic rings. The highest BCUT2D eigenvalue weighted by atomic mass is 16.5. The van der Waals surface area contributed by atoms with Crippen molar-refractivity contribution >= 4 is 0 Å². The van der Waals surface area contributed by atoms with E-state index in [1.807, 2.05) is 6.07 Å². The summed E-state index contributed by atoms with van der Waals surface area (Å²) in [5, 5.41) is 8.73. The van der Waals surface area contributed by atoms with Crippen LogP contribution in [0.5, 0.6) is 5.75 Å². The third-order valence-corrected chi connectivity index (χ3v) is 3.04. The van der Waals surface area contributed by atoms with Crippen molar-refractivity contribution in [3.05, 3.63) is 29.8 Å². The SMILES string of the molecule is CCCCCOc1cccc(CCCCCO)c1. The largest absolute Gasteiger partial charge is 0.494 e. The maximum absolute atomic E-state index is 8.73. The lowest BCUT2D eigenvalue weighted by Crippen LogP contribution is -1.97. The minimum Gasteiger partial charge on any atom is -0.494 e. The van der Waals surface area contributed by atoms with Crippen molar-refractivity contribution in [2.24, 2.45) is 0 Å². The van der Waals surface area contributed by atoms with E-state index < -0.39 is 0 Å². The Kier molecular flexibility index (Phi) is 8.32. The van der Waals surface area contributed by atoms with Crippen LogP contribution in [-0.2, 0) is 6.42 Å². The van der Waals surface area contributed by atoms with Crippen molar-refractivity contribution < 1.29 is 9.84 Å². The molecule has 1 rings (SSSR count). The van der Waals surface area contributed by atoms with Crippen LogP contribution in [-0.4, -0.2) is 18.3 Å². The zero-order chi connectivity index (χ0) is 13.1. The van der Waals surface area contributed by atoms with Crippen LogP contribution in [0.25, 0.3) is 0 Å². The Morgan fingerprint density at radius 3 is 2.72 bits per heavy atom. The predicted molar refractivity (Wildman–Crippen MR) is 76.1 cm³/mol. The van der Waals surface area contributed by atoms with Crippen LogP contribution < -0.4 is 4.74 Å². The Morgan fingerprint density at radius 2 is 1.94 bits per heavy atom. The summed E-state index contributed by atoms with van der Waals surface area (Å²) in [7, 11) is 0. The normalized spacial score (nSPS) is 10.6. The molecule has 102 valence electrons. The van der Waals surface area contributed by atoms with E-state index in [1.54, 1.807) is 0 Å². The molecule has 18 heavy (non-hydrogen) atoms. The molecule has 0 spiro atoms. The molecule has 0 heterocycles. The van der Waals surface area contributed by atoms with Gasteiger partial charge in [-0.25, -0.2) is 0 Å². The minimum absolute atomic E-state index is 0.306. The number of unbranched alkanes of at least 4 members (excludes halogenated alkanes) is 4. The summed E-state index contributed by atoms with van der Waals surface area (Å²) in [5.41, 5.74) is 1.33. The third-order valence-electron chi connectivity index (χ3n) is 3.04. The Balaban J connectivity index is 2.27. The summed E-state index contributed by atoms with van der Waals surface area (Å²) in [6.45, 7) is 3.33. The monoisotopic (exact) mass is 250 g/mol. The summed E-state index contributed by atoms with van der Waals surface area (Å²) in [6, 6.07) is 8.39. The molecule has 0 aliphatic carbocycles. The summed E-state index contributed by atoms with van der Waals surface area (Å²) in [4.78, 5) is 0. The van der Waals surface area contributed by atoms with Crippen molar-refractivity contribution in [1.29, 1.82) is 0 Å². The molecule has 2 nitrogen and oxygen atoms in total. The molecule has 2 heteroatoms. The summed E-state index contributed by atoms with van der Waals surface area (Å²) < 4.78 is 5.74. The molecule has 0 saturated heterocycles. The van der Waals surface area contributed by atoms with Gasteiger partial charge in [-0.2, -0.15) is 0 Å². The molecular weight excluding hydrogens is 224 g/mol. The van der Waals surface area contributed by atoms with Crippen molar-refractivity contribution in [2.45, 2.75) is 51.9 Å². The second-order valence-corrected chi connectivity index (χ2v) is 4.74. The predicted octanol–water partition coefficient (Wildman–Crippen LogP) is 3.96. The minimum atomic E-state index is 0.306. The van der Waals surface area contributed by atoms with Crippen molar-refractivity contribution in [2.75, 3.05) is 13.2 Å². The number of aryl methyl sites for hydroxylation is 1. The van der Waals surface area contributed by atoms with E-state index in [2.05, 4.69) is 25.1 Å². The molecule has 0 amide bonds. The first-order chi connectivity index (χ1) is 8.86. The summed E-state index contributed by atoms with van der Waals surface area (Å²) in [6.07, 6.45) is 7.82. The van der Waals surface area contributed by atoms with Gasteiger partial charge in [0.2, 0.25) is 0 Å². The van der Waals surface area contributed by atoms with Gasteiger partial charge in [0.05, 0.1) is 6.61 Å². The molecule has 0 aliphatic rings. The Hall–Kier alpha value is -1.02. The van der Waals surface area contributed by atoms with Gasteiger partial charge >= 0.3 is 0 Å². The van der Waals surface area contributed by atoms with Crippen molar-refractivity contribution in [3.63, 3.8) is 0 Å². The number of ether oxygens (including phenoxy) is 1. The quantitative estimate of drug-likeness (QED) is 0.637. The van der Waals surface area contributed by atoms with Gasteiger partial charge in [0.15, 0.2) is 0 Å². The third kappa shape index (κ3) is 6.65. The van der Waals surface area contributed by atoms with Crippen LogP contribution in [0.4, 0.5) is 0 Å².